The molecule has 0 fully saturated rings. The van der Waals surface area contributed by atoms with Crippen molar-refractivity contribution in [2.45, 2.75) is 51.5 Å². The van der Waals surface area contributed by atoms with E-state index >= 15 is 0 Å². The predicted octanol–water partition coefficient (Wildman–Crippen LogP) is 2.60. The van der Waals surface area contributed by atoms with Crippen LogP contribution >= 0.6 is 0 Å². The van der Waals surface area contributed by atoms with Crippen LogP contribution in [-0.2, 0) is 10.2 Å². The molecule has 0 spiro atoms. The standard InChI is InChI=1S/C16H26N2O/c1-5-11-16(4,17)14(19)18-12-15(2,3)13-9-7-6-8-10-13/h6-10H,5,11-12,17H2,1-4H3,(H,18,19). The van der Waals surface area contributed by atoms with Gasteiger partial charge in [0.1, 0.15) is 0 Å². The van der Waals surface area contributed by atoms with E-state index in [0.29, 0.717) is 13.0 Å². The van der Waals surface area contributed by atoms with Crippen molar-refractivity contribution >= 4 is 5.91 Å². The normalized spacial score (nSPS) is 14.8. The third kappa shape index (κ3) is 4.35. The second-order valence-electron chi connectivity index (χ2n) is 6.10. The van der Waals surface area contributed by atoms with Gasteiger partial charge in [-0.15, -0.1) is 0 Å². The number of hydrogen-bond donors (Lipinski definition) is 2. The zero-order chi connectivity index (χ0) is 14.5. The lowest BCUT2D eigenvalue weighted by molar-refractivity contribution is -0.126. The minimum Gasteiger partial charge on any atom is -0.354 e. The summed E-state index contributed by atoms with van der Waals surface area (Å²) in [5.41, 5.74) is 6.37. The maximum atomic E-state index is 12.1. The first-order chi connectivity index (χ1) is 8.79. The van der Waals surface area contributed by atoms with Crippen LogP contribution in [0, 0.1) is 0 Å². The van der Waals surface area contributed by atoms with Crippen molar-refractivity contribution < 1.29 is 4.79 Å². The highest BCUT2D eigenvalue weighted by molar-refractivity contribution is 5.85. The summed E-state index contributed by atoms with van der Waals surface area (Å²) >= 11 is 0. The van der Waals surface area contributed by atoms with Crippen molar-refractivity contribution in [3.63, 3.8) is 0 Å². The maximum absolute atomic E-state index is 12.1. The summed E-state index contributed by atoms with van der Waals surface area (Å²) in [5.74, 6) is -0.0710. The number of nitrogens with two attached hydrogens (primary N) is 1. The Morgan fingerprint density at radius 1 is 1.21 bits per heavy atom. The summed E-state index contributed by atoms with van der Waals surface area (Å²) in [6.45, 7) is 8.66. The summed E-state index contributed by atoms with van der Waals surface area (Å²) in [6.07, 6.45) is 1.60. The smallest absolute Gasteiger partial charge is 0.239 e. The Kier molecular flexibility index (Phi) is 5.12. The number of carbonyl (C=O) groups is 1. The molecule has 106 valence electrons. The zero-order valence-electron chi connectivity index (χ0n) is 12.5. The van der Waals surface area contributed by atoms with Gasteiger partial charge >= 0.3 is 0 Å². The van der Waals surface area contributed by atoms with Gasteiger partial charge in [-0.2, -0.15) is 0 Å². The summed E-state index contributed by atoms with van der Waals surface area (Å²) in [7, 11) is 0. The average molecular weight is 262 g/mol. The van der Waals surface area contributed by atoms with E-state index in [1.807, 2.05) is 25.1 Å². The van der Waals surface area contributed by atoms with E-state index < -0.39 is 5.54 Å². The third-order valence-corrected chi connectivity index (χ3v) is 3.53. The van der Waals surface area contributed by atoms with Crippen molar-refractivity contribution in [3.05, 3.63) is 35.9 Å². The Balaban J connectivity index is 2.64. The molecule has 0 heterocycles. The van der Waals surface area contributed by atoms with Crippen molar-refractivity contribution in [1.82, 2.24) is 5.32 Å². The lowest BCUT2D eigenvalue weighted by Gasteiger charge is -2.29. The van der Waals surface area contributed by atoms with E-state index in [9.17, 15) is 4.79 Å². The predicted molar refractivity (Wildman–Crippen MR) is 80.0 cm³/mol. The van der Waals surface area contributed by atoms with Crippen molar-refractivity contribution in [3.8, 4) is 0 Å². The van der Waals surface area contributed by atoms with Crippen LogP contribution in [0.3, 0.4) is 0 Å². The Labute approximate surface area is 116 Å². The lowest BCUT2D eigenvalue weighted by Crippen LogP contribution is -2.53. The molecule has 1 atom stereocenters. The SMILES string of the molecule is CCCC(C)(N)C(=O)NCC(C)(C)c1ccccc1. The maximum Gasteiger partial charge on any atom is 0.239 e. The fourth-order valence-corrected chi connectivity index (χ4v) is 2.13. The van der Waals surface area contributed by atoms with Crippen LogP contribution < -0.4 is 11.1 Å². The molecular formula is C16H26N2O. The second-order valence-corrected chi connectivity index (χ2v) is 6.10. The molecule has 19 heavy (non-hydrogen) atoms. The van der Waals surface area contributed by atoms with Gasteiger partial charge in [0.25, 0.3) is 0 Å². The molecule has 3 heteroatoms. The van der Waals surface area contributed by atoms with Crippen LogP contribution in [0.25, 0.3) is 0 Å². The molecule has 0 saturated carbocycles. The van der Waals surface area contributed by atoms with E-state index in [1.165, 1.54) is 5.56 Å². The number of rotatable bonds is 6. The first-order valence-electron chi connectivity index (χ1n) is 6.92. The van der Waals surface area contributed by atoms with Gasteiger partial charge in [-0.05, 0) is 18.9 Å². The molecular weight excluding hydrogens is 236 g/mol. The summed E-state index contributed by atoms with van der Waals surface area (Å²) in [6, 6.07) is 10.2. The highest BCUT2D eigenvalue weighted by Crippen LogP contribution is 2.22. The van der Waals surface area contributed by atoms with Crippen LogP contribution in [0.4, 0.5) is 0 Å². The minimum atomic E-state index is -0.776. The van der Waals surface area contributed by atoms with Crippen molar-refractivity contribution in [1.29, 1.82) is 0 Å². The highest BCUT2D eigenvalue weighted by atomic mass is 16.2. The van der Waals surface area contributed by atoms with E-state index in [2.05, 4.69) is 31.3 Å². The molecule has 0 aliphatic carbocycles. The molecule has 3 N–H and O–H groups in total. The molecule has 0 saturated heterocycles. The number of benzene rings is 1. The molecule has 3 nitrogen and oxygen atoms in total. The summed E-state index contributed by atoms with van der Waals surface area (Å²) in [4.78, 5) is 12.1. The van der Waals surface area contributed by atoms with E-state index in [4.69, 9.17) is 5.73 Å². The molecule has 1 rings (SSSR count). The van der Waals surface area contributed by atoms with E-state index in [1.54, 1.807) is 6.92 Å². The number of hydrogen-bond acceptors (Lipinski definition) is 2. The molecule has 0 aromatic heterocycles. The molecule has 0 bridgehead atoms. The summed E-state index contributed by atoms with van der Waals surface area (Å²) < 4.78 is 0. The van der Waals surface area contributed by atoms with E-state index in [0.717, 1.165) is 6.42 Å². The Bertz CT molecular complexity index is 410. The van der Waals surface area contributed by atoms with Gasteiger partial charge < -0.3 is 11.1 Å². The van der Waals surface area contributed by atoms with Gasteiger partial charge in [-0.3, -0.25) is 4.79 Å². The quantitative estimate of drug-likeness (QED) is 0.828. The topological polar surface area (TPSA) is 55.1 Å². The van der Waals surface area contributed by atoms with Gasteiger partial charge in [0.2, 0.25) is 5.91 Å². The molecule has 0 aliphatic rings. The van der Waals surface area contributed by atoms with Crippen LogP contribution in [0.2, 0.25) is 0 Å². The van der Waals surface area contributed by atoms with Crippen LogP contribution in [0.15, 0.2) is 30.3 Å². The fourth-order valence-electron chi connectivity index (χ4n) is 2.13. The van der Waals surface area contributed by atoms with Gasteiger partial charge in [0.05, 0.1) is 5.54 Å². The first-order valence-corrected chi connectivity index (χ1v) is 6.92. The highest BCUT2D eigenvalue weighted by Gasteiger charge is 2.29. The molecule has 0 aliphatic heterocycles. The van der Waals surface area contributed by atoms with Gasteiger partial charge in [0.15, 0.2) is 0 Å². The largest absolute Gasteiger partial charge is 0.354 e. The van der Waals surface area contributed by atoms with Gasteiger partial charge in [0, 0.05) is 12.0 Å². The fraction of sp³-hybridized carbons (Fsp3) is 0.562. The number of carbonyl (C=O) groups excluding carboxylic acids is 1. The van der Waals surface area contributed by atoms with Crippen molar-refractivity contribution in [2.75, 3.05) is 6.54 Å². The average Bonchev–Trinajstić information content (AvgIpc) is 2.37. The lowest BCUT2D eigenvalue weighted by atomic mass is 9.84. The Morgan fingerprint density at radius 2 is 1.79 bits per heavy atom. The monoisotopic (exact) mass is 262 g/mol. The molecule has 1 aromatic carbocycles. The Morgan fingerprint density at radius 3 is 2.32 bits per heavy atom. The minimum absolute atomic E-state index is 0.0710. The second kappa shape index (κ2) is 6.20. The van der Waals surface area contributed by atoms with Gasteiger partial charge in [-0.1, -0.05) is 57.5 Å². The Hall–Kier alpha value is -1.35. The van der Waals surface area contributed by atoms with E-state index in [-0.39, 0.29) is 11.3 Å². The van der Waals surface area contributed by atoms with Crippen LogP contribution in [0.5, 0.6) is 0 Å². The number of amides is 1. The summed E-state index contributed by atoms with van der Waals surface area (Å²) in [5, 5.41) is 2.98. The van der Waals surface area contributed by atoms with Gasteiger partial charge in [-0.25, -0.2) is 0 Å². The van der Waals surface area contributed by atoms with Crippen molar-refractivity contribution in [2.24, 2.45) is 5.73 Å². The zero-order valence-corrected chi connectivity index (χ0v) is 12.5. The molecule has 1 amide bonds. The molecule has 0 radical (unpaired) electrons. The molecule has 1 unspecified atom stereocenters. The van der Waals surface area contributed by atoms with Crippen LogP contribution in [-0.4, -0.2) is 18.0 Å². The third-order valence-electron chi connectivity index (χ3n) is 3.53. The first kappa shape index (κ1) is 15.7. The van der Waals surface area contributed by atoms with Crippen LogP contribution in [0.1, 0.15) is 46.1 Å². The molecule has 1 aromatic rings. The number of nitrogens with one attached hydrogen (secondary N) is 1.